The Bertz CT molecular complexity index is 665. The van der Waals surface area contributed by atoms with Gasteiger partial charge in [-0.1, -0.05) is 30.3 Å². The van der Waals surface area contributed by atoms with Gasteiger partial charge in [0.1, 0.15) is 12.4 Å². The van der Waals surface area contributed by atoms with E-state index in [2.05, 4.69) is 15.3 Å². The minimum atomic E-state index is -4.70. The maximum atomic E-state index is 12.6. The van der Waals surface area contributed by atoms with Gasteiger partial charge < -0.3 is 4.74 Å². The Kier molecular flexibility index (Phi) is 4.81. The summed E-state index contributed by atoms with van der Waals surface area (Å²) in [5.41, 5.74) is -0.528. The highest BCUT2D eigenvalue weighted by atomic mass is 35.5. The van der Waals surface area contributed by atoms with Crippen LogP contribution in [0.5, 0.6) is 0 Å². The summed E-state index contributed by atoms with van der Waals surface area (Å²) in [7, 11) is 0. The van der Waals surface area contributed by atoms with Gasteiger partial charge in [0.25, 0.3) is 0 Å². The van der Waals surface area contributed by atoms with Crippen molar-refractivity contribution in [2.75, 3.05) is 5.32 Å². The van der Waals surface area contributed by atoms with Crippen molar-refractivity contribution in [1.29, 1.82) is 0 Å². The molecule has 2 aromatic rings. The van der Waals surface area contributed by atoms with E-state index in [9.17, 15) is 18.0 Å². The number of alkyl halides is 3. The first-order valence-electron chi connectivity index (χ1n) is 5.94. The van der Waals surface area contributed by atoms with Gasteiger partial charge in [-0.3, -0.25) is 5.32 Å². The second-order valence-electron chi connectivity index (χ2n) is 4.09. The molecule has 0 fully saturated rings. The first-order chi connectivity index (χ1) is 10.3. The maximum Gasteiger partial charge on any atom is 0.433 e. The van der Waals surface area contributed by atoms with Crippen LogP contribution in [0.3, 0.4) is 0 Å². The van der Waals surface area contributed by atoms with Gasteiger partial charge in [0.05, 0.1) is 0 Å². The molecule has 1 N–H and O–H groups in total. The number of carbonyl (C=O) groups excluding carboxylic acids is 1. The fourth-order valence-electron chi connectivity index (χ4n) is 1.49. The lowest BCUT2D eigenvalue weighted by Gasteiger charge is -2.09. The van der Waals surface area contributed by atoms with E-state index in [1.54, 1.807) is 30.3 Å². The molecule has 5 nitrogen and oxygen atoms in total. The van der Waals surface area contributed by atoms with E-state index in [0.717, 1.165) is 5.56 Å². The summed E-state index contributed by atoms with van der Waals surface area (Å²) in [6.45, 7) is -0.0301. The summed E-state index contributed by atoms with van der Waals surface area (Å²) >= 11 is 5.40. The number of hydrogen-bond donors (Lipinski definition) is 1. The first-order valence-corrected chi connectivity index (χ1v) is 6.32. The summed E-state index contributed by atoms with van der Waals surface area (Å²) in [5.74, 6) is -0.398. The Morgan fingerprint density at radius 1 is 1.23 bits per heavy atom. The zero-order chi connectivity index (χ0) is 16.2. The molecule has 0 saturated carbocycles. The van der Waals surface area contributed by atoms with E-state index >= 15 is 0 Å². The molecule has 0 atom stereocenters. The van der Waals surface area contributed by atoms with Gasteiger partial charge in [-0.2, -0.15) is 13.2 Å². The molecule has 116 valence electrons. The Labute approximate surface area is 128 Å². The number of ether oxygens (including phenoxy) is 1. The van der Waals surface area contributed by atoms with Gasteiger partial charge in [-0.25, -0.2) is 14.8 Å². The molecule has 0 radical (unpaired) electrons. The van der Waals surface area contributed by atoms with Gasteiger partial charge in [-0.15, -0.1) is 0 Å². The SMILES string of the molecule is O=C(Nc1cc(C(F)(F)F)nc(Cl)n1)OCc1ccccc1. The van der Waals surface area contributed by atoms with E-state index in [1.807, 2.05) is 0 Å². The molecule has 1 aromatic carbocycles. The van der Waals surface area contributed by atoms with E-state index in [0.29, 0.717) is 6.07 Å². The largest absolute Gasteiger partial charge is 0.444 e. The van der Waals surface area contributed by atoms with Crippen LogP contribution >= 0.6 is 11.6 Å². The highest BCUT2D eigenvalue weighted by Crippen LogP contribution is 2.29. The normalized spacial score (nSPS) is 11.1. The second-order valence-corrected chi connectivity index (χ2v) is 4.43. The number of benzene rings is 1. The van der Waals surface area contributed by atoms with Gasteiger partial charge >= 0.3 is 12.3 Å². The van der Waals surface area contributed by atoms with Gasteiger partial charge in [-0.05, 0) is 17.2 Å². The predicted molar refractivity (Wildman–Crippen MR) is 72.3 cm³/mol. The summed E-state index contributed by atoms with van der Waals surface area (Å²) in [6.07, 6.45) is -5.65. The van der Waals surface area contributed by atoms with Gasteiger partial charge in [0, 0.05) is 6.07 Å². The topological polar surface area (TPSA) is 64.1 Å². The lowest BCUT2D eigenvalue weighted by molar-refractivity contribution is -0.141. The molecule has 0 saturated heterocycles. The number of aromatic nitrogens is 2. The number of nitrogens with one attached hydrogen (secondary N) is 1. The molecule has 1 aromatic heterocycles. The highest BCUT2D eigenvalue weighted by Gasteiger charge is 2.33. The second kappa shape index (κ2) is 6.61. The number of anilines is 1. The van der Waals surface area contributed by atoms with Crippen LogP contribution in [0.15, 0.2) is 36.4 Å². The number of halogens is 4. The molecule has 1 heterocycles. The van der Waals surface area contributed by atoms with Crippen LogP contribution in [0, 0.1) is 0 Å². The van der Waals surface area contributed by atoms with Crippen molar-refractivity contribution in [1.82, 2.24) is 9.97 Å². The summed E-state index contributed by atoms with van der Waals surface area (Å²) in [6, 6.07) is 9.35. The Morgan fingerprint density at radius 3 is 2.55 bits per heavy atom. The minimum Gasteiger partial charge on any atom is -0.444 e. The smallest absolute Gasteiger partial charge is 0.433 e. The average Bonchev–Trinajstić information content (AvgIpc) is 2.45. The van der Waals surface area contributed by atoms with Crippen LogP contribution < -0.4 is 5.32 Å². The van der Waals surface area contributed by atoms with Crippen molar-refractivity contribution in [2.24, 2.45) is 0 Å². The third-order valence-corrected chi connectivity index (χ3v) is 2.60. The zero-order valence-corrected chi connectivity index (χ0v) is 11.6. The van der Waals surface area contributed by atoms with Crippen molar-refractivity contribution >= 4 is 23.5 Å². The first kappa shape index (κ1) is 16.0. The molecule has 0 bridgehead atoms. The lowest BCUT2D eigenvalue weighted by Crippen LogP contribution is -2.16. The zero-order valence-electron chi connectivity index (χ0n) is 10.9. The fraction of sp³-hybridized carbons (Fsp3) is 0.154. The van der Waals surface area contributed by atoms with Crippen LogP contribution in [0.1, 0.15) is 11.3 Å². The van der Waals surface area contributed by atoms with Crippen molar-refractivity contribution < 1.29 is 22.7 Å². The standard InChI is InChI=1S/C13H9ClF3N3O2/c14-11-18-9(13(15,16)17)6-10(19-11)20-12(21)22-7-8-4-2-1-3-5-8/h1-6H,7H2,(H,18,19,20,21). The summed E-state index contributed by atoms with van der Waals surface area (Å²) in [4.78, 5) is 18.1. The molecule has 0 aliphatic heterocycles. The monoisotopic (exact) mass is 331 g/mol. The van der Waals surface area contributed by atoms with Crippen LogP contribution in [-0.2, 0) is 17.5 Å². The minimum absolute atomic E-state index is 0.0301. The quantitative estimate of drug-likeness (QED) is 0.866. The van der Waals surface area contributed by atoms with Crippen molar-refractivity contribution in [3.05, 3.63) is 52.9 Å². The molecule has 0 aliphatic rings. The van der Waals surface area contributed by atoms with Crippen molar-refractivity contribution in [3.63, 3.8) is 0 Å². The third-order valence-electron chi connectivity index (χ3n) is 2.43. The molecule has 1 amide bonds. The number of amides is 1. The van der Waals surface area contributed by atoms with Crippen LogP contribution in [-0.4, -0.2) is 16.1 Å². The van der Waals surface area contributed by atoms with E-state index in [4.69, 9.17) is 16.3 Å². The summed E-state index contributed by atoms with van der Waals surface area (Å²) < 4.78 is 42.5. The third kappa shape index (κ3) is 4.59. The lowest BCUT2D eigenvalue weighted by atomic mass is 10.2. The van der Waals surface area contributed by atoms with E-state index in [1.165, 1.54) is 0 Å². The van der Waals surface area contributed by atoms with Gasteiger partial charge in [0.15, 0.2) is 5.69 Å². The molecule has 0 unspecified atom stereocenters. The predicted octanol–water partition coefficient (Wildman–Crippen LogP) is 3.90. The van der Waals surface area contributed by atoms with Crippen LogP contribution in [0.2, 0.25) is 5.28 Å². The molecule has 22 heavy (non-hydrogen) atoms. The van der Waals surface area contributed by atoms with E-state index in [-0.39, 0.29) is 6.61 Å². The highest BCUT2D eigenvalue weighted by molar-refractivity contribution is 6.28. The summed E-state index contributed by atoms with van der Waals surface area (Å²) in [5, 5.41) is 1.44. The molecular formula is C13H9ClF3N3O2. The Balaban J connectivity index is 2.01. The van der Waals surface area contributed by atoms with Crippen LogP contribution in [0.4, 0.5) is 23.8 Å². The molecule has 2 rings (SSSR count). The van der Waals surface area contributed by atoms with Crippen molar-refractivity contribution in [3.8, 4) is 0 Å². The molecule has 9 heteroatoms. The Morgan fingerprint density at radius 2 is 1.91 bits per heavy atom. The Hall–Kier alpha value is -2.35. The molecular weight excluding hydrogens is 323 g/mol. The van der Waals surface area contributed by atoms with E-state index < -0.39 is 29.1 Å². The maximum absolute atomic E-state index is 12.6. The van der Waals surface area contributed by atoms with Gasteiger partial charge in [0.2, 0.25) is 5.28 Å². The average molecular weight is 332 g/mol. The number of nitrogens with zero attached hydrogens (tertiary/aromatic N) is 2. The number of hydrogen-bond acceptors (Lipinski definition) is 4. The molecule has 0 aliphatic carbocycles. The number of rotatable bonds is 3. The fourth-order valence-corrected chi connectivity index (χ4v) is 1.67. The molecule has 0 spiro atoms. The number of carbonyl (C=O) groups is 1. The van der Waals surface area contributed by atoms with Crippen molar-refractivity contribution in [2.45, 2.75) is 12.8 Å². The van der Waals surface area contributed by atoms with Crippen LogP contribution in [0.25, 0.3) is 0 Å².